The highest BCUT2D eigenvalue weighted by atomic mass is 16.1. The second-order valence-electron chi connectivity index (χ2n) is 5.50. The van der Waals surface area contributed by atoms with E-state index >= 15 is 0 Å². The number of nitriles is 1. The first-order valence-electron chi connectivity index (χ1n) is 7.88. The van der Waals surface area contributed by atoms with Crippen molar-refractivity contribution >= 4 is 5.91 Å². The Morgan fingerprint density at radius 3 is 2.35 bits per heavy atom. The monoisotopic (exact) mass is 277 g/mol. The minimum absolute atomic E-state index is 0.211. The van der Waals surface area contributed by atoms with Gasteiger partial charge < -0.3 is 10.2 Å². The van der Waals surface area contributed by atoms with Gasteiger partial charge in [0.05, 0.1) is 0 Å². The van der Waals surface area contributed by atoms with E-state index in [9.17, 15) is 10.1 Å². The van der Waals surface area contributed by atoms with Gasteiger partial charge in [-0.15, -0.1) is 0 Å². The summed E-state index contributed by atoms with van der Waals surface area (Å²) in [5.74, 6) is -0.211. The van der Waals surface area contributed by atoms with Crippen LogP contribution in [0, 0.1) is 11.3 Å². The minimum atomic E-state index is -0.211. The highest BCUT2D eigenvalue weighted by Gasteiger charge is 2.18. The molecule has 0 aromatic rings. The summed E-state index contributed by atoms with van der Waals surface area (Å²) in [6.45, 7) is 5.97. The van der Waals surface area contributed by atoms with Gasteiger partial charge in [-0.2, -0.15) is 5.26 Å². The molecule has 4 nitrogen and oxygen atoms in total. The van der Waals surface area contributed by atoms with E-state index in [2.05, 4.69) is 24.1 Å². The van der Waals surface area contributed by atoms with Crippen LogP contribution in [0.2, 0.25) is 0 Å². The summed E-state index contributed by atoms with van der Waals surface area (Å²) < 4.78 is 0. The van der Waals surface area contributed by atoms with Gasteiger partial charge in [0.25, 0.3) is 5.91 Å². The van der Waals surface area contributed by atoms with Gasteiger partial charge in [0.2, 0.25) is 0 Å². The van der Waals surface area contributed by atoms with Gasteiger partial charge in [-0.1, -0.05) is 33.1 Å². The maximum Gasteiger partial charge on any atom is 0.263 e. The molecule has 0 unspecified atom stereocenters. The Labute approximate surface area is 122 Å². The van der Waals surface area contributed by atoms with Gasteiger partial charge in [0, 0.05) is 25.3 Å². The third kappa shape index (κ3) is 5.64. The van der Waals surface area contributed by atoms with E-state index in [1.54, 1.807) is 6.20 Å². The van der Waals surface area contributed by atoms with Crippen molar-refractivity contribution in [3.8, 4) is 6.07 Å². The Bertz CT molecular complexity index is 358. The minimum Gasteiger partial charge on any atom is -0.376 e. The van der Waals surface area contributed by atoms with Crippen LogP contribution in [0.4, 0.5) is 0 Å². The summed E-state index contributed by atoms with van der Waals surface area (Å²) in [4.78, 5) is 14.2. The summed E-state index contributed by atoms with van der Waals surface area (Å²) in [5.41, 5.74) is 0.234. The molecule has 0 saturated heterocycles. The van der Waals surface area contributed by atoms with Crippen molar-refractivity contribution in [3.05, 3.63) is 11.8 Å². The smallest absolute Gasteiger partial charge is 0.263 e. The molecule has 0 spiro atoms. The molecular formula is C16H27N3O. The van der Waals surface area contributed by atoms with Crippen LogP contribution in [0.15, 0.2) is 11.8 Å². The van der Waals surface area contributed by atoms with E-state index in [1.807, 2.05) is 6.07 Å². The van der Waals surface area contributed by atoms with Crippen molar-refractivity contribution in [2.24, 2.45) is 0 Å². The number of nitrogens with zero attached hydrogens (tertiary/aromatic N) is 2. The van der Waals surface area contributed by atoms with E-state index in [0.717, 1.165) is 38.8 Å². The van der Waals surface area contributed by atoms with E-state index in [1.165, 1.54) is 19.3 Å². The van der Waals surface area contributed by atoms with Crippen LogP contribution in [-0.2, 0) is 4.79 Å². The molecule has 0 radical (unpaired) electrons. The summed E-state index contributed by atoms with van der Waals surface area (Å²) in [7, 11) is 0. The first kappa shape index (κ1) is 16.6. The zero-order valence-electron chi connectivity index (χ0n) is 12.8. The van der Waals surface area contributed by atoms with Crippen LogP contribution in [0.1, 0.15) is 58.8 Å². The summed E-state index contributed by atoms with van der Waals surface area (Å²) in [5, 5.41) is 12.2. The zero-order valence-corrected chi connectivity index (χ0v) is 12.8. The largest absolute Gasteiger partial charge is 0.376 e. The van der Waals surface area contributed by atoms with Crippen LogP contribution >= 0.6 is 0 Å². The van der Waals surface area contributed by atoms with Gasteiger partial charge in [-0.05, 0) is 25.7 Å². The topological polar surface area (TPSA) is 56.1 Å². The number of nitrogens with one attached hydrogen (secondary N) is 1. The number of carbonyl (C=O) groups is 1. The molecule has 112 valence electrons. The lowest BCUT2D eigenvalue weighted by Gasteiger charge is -2.23. The van der Waals surface area contributed by atoms with Crippen molar-refractivity contribution in [1.82, 2.24) is 10.2 Å². The third-order valence-corrected chi connectivity index (χ3v) is 3.64. The second kappa shape index (κ2) is 9.41. The Balaban J connectivity index is 2.62. The first-order valence-corrected chi connectivity index (χ1v) is 7.88. The van der Waals surface area contributed by atoms with Gasteiger partial charge in [0.15, 0.2) is 0 Å². The fourth-order valence-corrected chi connectivity index (χ4v) is 2.65. The van der Waals surface area contributed by atoms with Crippen molar-refractivity contribution in [2.75, 3.05) is 13.1 Å². The maximum absolute atomic E-state index is 12.2. The predicted octanol–water partition coefficient (Wildman–Crippen LogP) is 2.96. The van der Waals surface area contributed by atoms with E-state index in [4.69, 9.17) is 0 Å². The molecule has 4 heteroatoms. The van der Waals surface area contributed by atoms with E-state index in [0.29, 0.717) is 0 Å². The molecule has 1 aliphatic carbocycles. The normalized spacial score (nSPS) is 16.6. The Kier molecular flexibility index (Phi) is 7.79. The fourth-order valence-electron chi connectivity index (χ4n) is 2.65. The molecule has 0 aromatic carbocycles. The SMILES string of the molecule is CCCN(/C=C(/C#N)C(=O)NC1CCCCC1)CCC. The standard InChI is InChI=1S/C16H27N3O/c1-3-10-19(11-4-2)13-14(12-17)16(20)18-15-8-6-5-7-9-15/h13,15H,3-11H2,1-2H3,(H,18,20)/b14-13-. The highest BCUT2D eigenvalue weighted by Crippen LogP contribution is 2.17. The molecule has 1 N–H and O–H groups in total. The van der Waals surface area contributed by atoms with Crippen molar-refractivity contribution in [2.45, 2.75) is 64.8 Å². The van der Waals surface area contributed by atoms with Crippen LogP contribution in [0.3, 0.4) is 0 Å². The molecule has 0 heterocycles. The molecule has 0 aromatic heterocycles. The number of rotatable bonds is 7. The van der Waals surface area contributed by atoms with Crippen molar-refractivity contribution in [3.63, 3.8) is 0 Å². The number of amides is 1. The lowest BCUT2D eigenvalue weighted by atomic mass is 9.95. The molecular weight excluding hydrogens is 250 g/mol. The molecule has 0 atom stereocenters. The van der Waals surface area contributed by atoms with Crippen LogP contribution in [0.5, 0.6) is 0 Å². The first-order chi connectivity index (χ1) is 9.71. The summed E-state index contributed by atoms with van der Waals surface area (Å²) in [6, 6.07) is 2.29. The van der Waals surface area contributed by atoms with Crippen molar-refractivity contribution < 1.29 is 4.79 Å². The average Bonchev–Trinajstić information content (AvgIpc) is 2.46. The Morgan fingerprint density at radius 1 is 1.25 bits per heavy atom. The van der Waals surface area contributed by atoms with E-state index in [-0.39, 0.29) is 17.5 Å². The molecule has 0 aliphatic heterocycles. The molecule has 1 amide bonds. The van der Waals surface area contributed by atoms with Crippen LogP contribution in [0.25, 0.3) is 0 Å². The molecule has 1 saturated carbocycles. The zero-order chi connectivity index (χ0) is 14.8. The fraction of sp³-hybridized carbons (Fsp3) is 0.750. The lowest BCUT2D eigenvalue weighted by molar-refractivity contribution is -0.118. The van der Waals surface area contributed by atoms with Gasteiger partial charge in [-0.25, -0.2) is 0 Å². The Morgan fingerprint density at radius 2 is 1.85 bits per heavy atom. The van der Waals surface area contributed by atoms with Gasteiger partial charge >= 0.3 is 0 Å². The predicted molar refractivity (Wildman–Crippen MR) is 80.9 cm³/mol. The van der Waals surface area contributed by atoms with Crippen LogP contribution in [-0.4, -0.2) is 29.9 Å². The summed E-state index contributed by atoms with van der Waals surface area (Å²) >= 11 is 0. The number of hydrogen-bond acceptors (Lipinski definition) is 3. The second-order valence-corrected chi connectivity index (χ2v) is 5.50. The van der Waals surface area contributed by atoms with Crippen molar-refractivity contribution in [1.29, 1.82) is 5.26 Å². The number of carbonyl (C=O) groups excluding carboxylic acids is 1. The maximum atomic E-state index is 12.2. The molecule has 0 bridgehead atoms. The van der Waals surface area contributed by atoms with Gasteiger partial charge in [-0.3, -0.25) is 4.79 Å². The number of hydrogen-bond donors (Lipinski definition) is 1. The van der Waals surface area contributed by atoms with Gasteiger partial charge in [0.1, 0.15) is 11.6 Å². The molecule has 1 aliphatic rings. The lowest BCUT2D eigenvalue weighted by Crippen LogP contribution is -2.37. The third-order valence-electron chi connectivity index (χ3n) is 3.64. The molecule has 1 rings (SSSR count). The molecule has 20 heavy (non-hydrogen) atoms. The molecule has 1 fully saturated rings. The quantitative estimate of drug-likeness (QED) is 0.575. The average molecular weight is 277 g/mol. The summed E-state index contributed by atoms with van der Waals surface area (Å²) in [6.07, 6.45) is 9.44. The van der Waals surface area contributed by atoms with E-state index < -0.39 is 0 Å². The highest BCUT2D eigenvalue weighted by molar-refractivity contribution is 5.97. The Hall–Kier alpha value is -1.50. The van der Waals surface area contributed by atoms with Crippen LogP contribution < -0.4 is 5.32 Å².